The third-order valence-electron chi connectivity index (χ3n) is 4.07. The Labute approximate surface area is 136 Å². The Morgan fingerprint density at radius 3 is 2.39 bits per heavy atom. The molecule has 0 saturated carbocycles. The van der Waals surface area contributed by atoms with E-state index in [2.05, 4.69) is 0 Å². The second kappa shape index (κ2) is 5.78. The fourth-order valence-corrected chi connectivity index (χ4v) is 3.95. The Kier molecular flexibility index (Phi) is 4.08. The lowest BCUT2D eigenvalue weighted by Crippen LogP contribution is -2.44. The number of hydrogen-bond donors (Lipinski definition) is 0. The molecule has 23 heavy (non-hydrogen) atoms. The highest BCUT2D eigenvalue weighted by atomic mass is 32.2. The Balaban J connectivity index is 2.00. The van der Waals surface area contributed by atoms with Gasteiger partial charge in [0.25, 0.3) is 10.1 Å². The lowest BCUT2D eigenvalue weighted by molar-refractivity contribution is -0.119. The van der Waals surface area contributed by atoms with Gasteiger partial charge in [-0.25, -0.2) is 0 Å². The van der Waals surface area contributed by atoms with Crippen LogP contribution in [0, 0.1) is 5.41 Å². The van der Waals surface area contributed by atoms with Gasteiger partial charge >= 0.3 is 0 Å². The minimum atomic E-state index is -3.81. The van der Waals surface area contributed by atoms with Crippen LogP contribution in [0.3, 0.4) is 0 Å². The maximum atomic E-state index is 12.6. The van der Waals surface area contributed by atoms with Crippen molar-refractivity contribution >= 4 is 26.6 Å². The van der Waals surface area contributed by atoms with Crippen molar-refractivity contribution in [1.29, 1.82) is 0 Å². The molecule has 1 fully saturated rings. The molecule has 6 heteroatoms. The lowest BCUT2D eigenvalue weighted by atomic mass is 9.90. The van der Waals surface area contributed by atoms with Crippen molar-refractivity contribution in [1.82, 2.24) is 0 Å². The van der Waals surface area contributed by atoms with E-state index >= 15 is 0 Å². The first-order chi connectivity index (χ1) is 10.8. The molecule has 0 aromatic heterocycles. The summed E-state index contributed by atoms with van der Waals surface area (Å²) in [4.78, 5) is 2.18. The molecule has 3 rings (SSSR count). The van der Waals surface area contributed by atoms with Gasteiger partial charge in [0.1, 0.15) is 4.90 Å². The zero-order valence-electron chi connectivity index (χ0n) is 13.6. The molecule has 2 aromatic rings. The number of benzene rings is 2. The SMILES string of the molecule is CN(C)c1cccc2c(S(=O)(=O)OCC3(C)COC3)cccc12. The van der Waals surface area contributed by atoms with E-state index in [1.807, 2.05) is 50.2 Å². The van der Waals surface area contributed by atoms with Gasteiger partial charge in [-0.05, 0) is 12.1 Å². The highest BCUT2D eigenvalue weighted by Gasteiger charge is 2.36. The van der Waals surface area contributed by atoms with Crippen molar-refractivity contribution in [3.05, 3.63) is 36.4 Å². The number of rotatable bonds is 5. The van der Waals surface area contributed by atoms with Crippen LogP contribution in [0.4, 0.5) is 5.69 Å². The molecular formula is C17H21NO4S. The molecule has 0 aliphatic carbocycles. The molecule has 0 atom stereocenters. The molecule has 0 N–H and O–H groups in total. The van der Waals surface area contributed by atoms with Gasteiger partial charge in [-0.15, -0.1) is 0 Å². The average Bonchev–Trinajstić information content (AvgIpc) is 2.49. The van der Waals surface area contributed by atoms with E-state index < -0.39 is 10.1 Å². The van der Waals surface area contributed by atoms with Crippen molar-refractivity contribution in [3.63, 3.8) is 0 Å². The van der Waals surface area contributed by atoms with Crippen molar-refractivity contribution in [2.45, 2.75) is 11.8 Å². The van der Waals surface area contributed by atoms with E-state index in [9.17, 15) is 8.42 Å². The molecular weight excluding hydrogens is 314 g/mol. The number of ether oxygens (including phenoxy) is 1. The van der Waals surface area contributed by atoms with E-state index in [-0.39, 0.29) is 16.9 Å². The summed E-state index contributed by atoms with van der Waals surface area (Å²) in [6, 6.07) is 10.9. The first kappa shape index (κ1) is 16.2. The van der Waals surface area contributed by atoms with Crippen LogP contribution in [0.25, 0.3) is 10.8 Å². The van der Waals surface area contributed by atoms with Gasteiger partial charge in [-0.1, -0.05) is 31.2 Å². The molecule has 1 saturated heterocycles. The standard InChI is InChI=1S/C17H21NO4S/c1-17(10-21-11-17)12-22-23(19,20)16-9-5-6-13-14(16)7-4-8-15(13)18(2)3/h4-9H,10-12H2,1-3H3. The lowest BCUT2D eigenvalue weighted by Gasteiger charge is -2.37. The van der Waals surface area contributed by atoms with Gasteiger partial charge in [0.15, 0.2) is 0 Å². The Morgan fingerprint density at radius 1 is 1.13 bits per heavy atom. The molecule has 0 radical (unpaired) electrons. The average molecular weight is 335 g/mol. The van der Waals surface area contributed by atoms with E-state index in [4.69, 9.17) is 8.92 Å². The molecule has 124 valence electrons. The van der Waals surface area contributed by atoms with Crippen LogP contribution in [0.1, 0.15) is 6.92 Å². The Morgan fingerprint density at radius 2 is 1.78 bits per heavy atom. The monoisotopic (exact) mass is 335 g/mol. The van der Waals surface area contributed by atoms with Gasteiger partial charge in [0.05, 0.1) is 19.8 Å². The summed E-state index contributed by atoms with van der Waals surface area (Å²) in [6.07, 6.45) is 0. The summed E-state index contributed by atoms with van der Waals surface area (Å²) in [7, 11) is 0.0560. The van der Waals surface area contributed by atoms with Crippen molar-refractivity contribution < 1.29 is 17.3 Å². The molecule has 1 heterocycles. The quantitative estimate of drug-likeness (QED) is 0.786. The third-order valence-corrected chi connectivity index (χ3v) is 5.40. The fraction of sp³-hybridized carbons (Fsp3) is 0.412. The summed E-state index contributed by atoms with van der Waals surface area (Å²) in [6.45, 7) is 3.16. The first-order valence-electron chi connectivity index (χ1n) is 7.49. The van der Waals surface area contributed by atoms with Crippen LogP contribution >= 0.6 is 0 Å². The number of nitrogens with zero attached hydrogens (tertiary/aromatic N) is 1. The largest absolute Gasteiger partial charge is 0.380 e. The molecule has 2 aromatic carbocycles. The Bertz CT molecular complexity index is 826. The normalized spacial score (nSPS) is 17.0. The number of fused-ring (bicyclic) bond motifs is 1. The van der Waals surface area contributed by atoms with E-state index in [1.54, 1.807) is 12.1 Å². The minimum Gasteiger partial charge on any atom is -0.380 e. The summed E-state index contributed by atoms with van der Waals surface area (Å²) < 4.78 is 35.7. The number of anilines is 1. The van der Waals surface area contributed by atoms with Gasteiger partial charge in [0, 0.05) is 36.0 Å². The molecule has 0 bridgehead atoms. The predicted molar refractivity (Wildman–Crippen MR) is 90.3 cm³/mol. The van der Waals surface area contributed by atoms with Crippen molar-refractivity contribution in [3.8, 4) is 0 Å². The third kappa shape index (κ3) is 3.06. The number of hydrogen-bond acceptors (Lipinski definition) is 5. The highest BCUT2D eigenvalue weighted by molar-refractivity contribution is 7.87. The van der Waals surface area contributed by atoms with Crippen LogP contribution in [-0.4, -0.2) is 42.3 Å². The first-order valence-corrected chi connectivity index (χ1v) is 8.90. The highest BCUT2D eigenvalue weighted by Crippen LogP contribution is 2.33. The minimum absolute atomic E-state index is 0.138. The fourth-order valence-electron chi connectivity index (χ4n) is 2.69. The van der Waals surface area contributed by atoms with Crippen LogP contribution < -0.4 is 4.90 Å². The van der Waals surface area contributed by atoms with Crippen LogP contribution in [-0.2, 0) is 19.0 Å². The maximum absolute atomic E-state index is 12.6. The maximum Gasteiger partial charge on any atom is 0.297 e. The van der Waals surface area contributed by atoms with E-state index in [1.165, 1.54) is 0 Å². The summed E-state index contributed by atoms with van der Waals surface area (Å²) >= 11 is 0. The van der Waals surface area contributed by atoms with Gasteiger partial charge in [-0.2, -0.15) is 8.42 Å². The van der Waals surface area contributed by atoms with E-state index in [0.29, 0.717) is 18.6 Å². The van der Waals surface area contributed by atoms with Gasteiger partial charge < -0.3 is 9.64 Å². The smallest absolute Gasteiger partial charge is 0.297 e. The Hall–Kier alpha value is -1.63. The molecule has 5 nitrogen and oxygen atoms in total. The second-order valence-electron chi connectivity index (χ2n) is 6.54. The zero-order valence-corrected chi connectivity index (χ0v) is 14.4. The molecule has 1 aliphatic rings. The van der Waals surface area contributed by atoms with Crippen LogP contribution in [0.5, 0.6) is 0 Å². The van der Waals surface area contributed by atoms with Crippen LogP contribution in [0.15, 0.2) is 41.3 Å². The summed E-state index contributed by atoms with van der Waals surface area (Å²) in [5, 5.41) is 1.56. The van der Waals surface area contributed by atoms with Gasteiger partial charge in [0.2, 0.25) is 0 Å². The van der Waals surface area contributed by atoms with Crippen molar-refractivity contribution in [2.75, 3.05) is 38.8 Å². The second-order valence-corrected chi connectivity index (χ2v) is 8.13. The van der Waals surface area contributed by atoms with Gasteiger partial charge in [-0.3, -0.25) is 4.18 Å². The van der Waals surface area contributed by atoms with E-state index in [0.717, 1.165) is 11.1 Å². The molecule has 0 amide bonds. The summed E-state index contributed by atoms with van der Waals surface area (Å²) in [5.74, 6) is 0. The zero-order chi connectivity index (χ0) is 16.7. The molecule has 1 aliphatic heterocycles. The molecule has 0 unspecified atom stereocenters. The van der Waals surface area contributed by atoms with Crippen LogP contribution in [0.2, 0.25) is 0 Å². The predicted octanol–water partition coefficient (Wildman–Crippen LogP) is 2.65. The molecule has 0 spiro atoms. The summed E-state index contributed by atoms with van der Waals surface area (Å²) in [5.41, 5.74) is 0.755. The van der Waals surface area contributed by atoms with Crippen molar-refractivity contribution in [2.24, 2.45) is 5.41 Å². The topological polar surface area (TPSA) is 55.8 Å².